The number of hydrogen-bond acceptors (Lipinski definition) is 2. The molecule has 0 aliphatic heterocycles. The Morgan fingerprint density at radius 1 is 1.25 bits per heavy atom. The molecule has 0 radical (unpaired) electrons. The second-order valence-corrected chi connectivity index (χ2v) is 3.94. The maximum absolute atomic E-state index is 5.64. The Hall–Kier alpha value is -1.02. The van der Waals surface area contributed by atoms with Crippen LogP contribution in [0.1, 0.15) is 45.2 Å². The topological polar surface area (TPSA) is 21.3 Å². The number of rotatable bonds is 7. The van der Waals surface area contributed by atoms with Crippen molar-refractivity contribution >= 4 is 0 Å². The third kappa shape index (κ3) is 3.86. The lowest BCUT2D eigenvalue weighted by Gasteiger charge is -2.17. The molecule has 0 saturated heterocycles. The molecule has 1 rings (SSSR count). The minimum atomic E-state index is 0.440. The molecule has 0 bridgehead atoms. The first kappa shape index (κ1) is 13.0. The van der Waals surface area contributed by atoms with Crippen LogP contribution in [0.25, 0.3) is 0 Å². The van der Waals surface area contributed by atoms with E-state index in [4.69, 9.17) is 4.74 Å². The van der Waals surface area contributed by atoms with Crippen molar-refractivity contribution in [3.05, 3.63) is 29.8 Å². The highest BCUT2D eigenvalue weighted by atomic mass is 16.5. The predicted octanol–water partition coefficient (Wildman–Crippen LogP) is 3.54. The fourth-order valence-corrected chi connectivity index (χ4v) is 1.79. The molecule has 0 fully saturated rings. The molecule has 2 heteroatoms. The summed E-state index contributed by atoms with van der Waals surface area (Å²) in [6.45, 7) is 8.25. The maximum Gasteiger partial charge on any atom is 0.119 e. The van der Waals surface area contributed by atoms with Crippen LogP contribution in [0, 0.1) is 0 Å². The lowest BCUT2D eigenvalue weighted by molar-refractivity contribution is 0.316. The molecule has 1 atom stereocenters. The van der Waals surface area contributed by atoms with E-state index in [1.165, 1.54) is 5.56 Å². The van der Waals surface area contributed by atoms with Crippen molar-refractivity contribution in [2.45, 2.75) is 39.7 Å². The van der Waals surface area contributed by atoms with E-state index in [-0.39, 0.29) is 0 Å². The fourth-order valence-electron chi connectivity index (χ4n) is 1.79. The van der Waals surface area contributed by atoms with E-state index in [0.717, 1.165) is 31.7 Å². The van der Waals surface area contributed by atoms with Crippen LogP contribution >= 0.6 is 0 Å². The van der Waals surface area contributed by atoms with Gasteiger partial charge in [-0.05, 0) is 37.1 Å². The molecule has 0 saturated carbocycles. The summed E-state index contributed by atoms with van der Waals surface area (Å²) in [6.07, 6.45) is 2.15. The fraction of sp³-hybridized carbons (Fsp3) is 0.571. The summed E-state index contributed by atoms with van der Waals surface area (Å²) in [5.74, 6) is 0.982. The summed E-state index contributed by atoms with van der Waals surface area (Å²) in [5.41, 5.74) is 1.32. The van der Waals surface area contributed by atoms with Crippen LogP contribution < -0.4 is 10.1 Å². The monoisotopic (exact) mass is 221 g/mol. The number of ether oxygens (including phenoxy) is 1. The van der Waals surface area contributed by atoms with Crippen molar-refractivity contribution in [3.63, 3.8) is 0 Å². The first-order valence-corrected chi connectivity index (χ1v) is 6.27. The second kappa shape index (κ2) is 7.29. The average Bonchev–Trinajstić information content (AvgIpc) is 2.33. The smallest absolute Gasteiger partial charge is 0.119 e. The third-order valence-electron chi connectivity index (χ3n) is 2.59. The van der Waals surface area contributed by atoms with Crippen LogP contribution in [0.3, 0.4) is 0 Å². The standard InChI is InChI=1S/C14H23NO/c1-4-10-16-13-9-7-8-12(11-13)14(5-2)15-6-3/h7-9,11,14-15H,4-6,10H2,1-3H3. The summed E-state index contributed by atoms with van der Waals surface area (Å²) >= 11 is 0. The SMILES string of the molecule is CCCOc1cccc(C(CC)NCC)c1. The number of benzene rings is 1. The molecule has 1 unspecified atom stereocenters. The predicted molar refractivity (Wildman–Crippen MR) is 68.9 cm³/mol. The van der Waals surface area contributed by atoms with E-state index in [1.807, 2.05) is 6.07 Å². The molecule has 2 nitrogen and oxygen atoms in total. The zero-order valence-corrected chi connectivity index (χ0v) is 10.6. The van der Waals surface area contributed by atoms with Gasteiger partial charge in [0, 0.05) is 6.04 Å². The number of nitrogens with one attached hydrogen (secondary N) is 1. The minimum Gasteiger partial charge on any atom is -0.494 e. The van der Waals surface area contributed by atoms with Crippen molar-refractivity contribution in [1.29, 1.82) is 0 Å². The van der Waals surface area contributed by atoms with Crippen LogP contribution in [-0.2, 0) is 0 Å². The summed E-state index contributed by atoms with van der Waals surface area (Å²) in [4.78, 5) is 0. The van der Waals surface area contributed by atoms with Gasteiger partial charge in [0.25, 0.3) is 0 Å². The van der Waals surface area contributed by atoms with Gasteiger partial charge in [0.2, 0.25) is 0 Å². The molecule has 1 N–H and O–H groups in total. The Morgan fingerprint density at radius 2 is 2.06 bits per heavy atom. The quantitative estimate of drug-likeness (QED) is 0.760. The summed E-state index contributed by atoms with van der Waals surface area (Å²) in [5, 5.41) is 3.48. The average molecular weight is 221 g/mol. The van der Waals surface area contributed by atoms with Gasteiger partial charge < -0.3 is 10.1 Å². The van der Waals surface area contributed by atoms with Gasteiger partial charge in [0.1, 0.15) is 5.75 Å². The molecule has 16 heavy (non-hydrogen) atoms. The molecular weight excluding hydrogens is 198 g/mol. The van der Waals surface area contributed by atoms with Crippen molar-refractivity contribution in [2.75, 3.05) is 13.2 Å². The first-order chi connectivity index (χ1) is 7.81. The van der Waals surface area contributed by atoms with E-state index in [9.17, 15) is 0 Å². The van der Waals surface area contributed by atoms with Crippen molar-refractivity contribution < 1.29 is 4.74 Å². The summed E-state index contributed by atoms with van der Waals surface area (Å²) in [6, 6.07) is 8.84. The zero-order chi connectivity index (χ0) is 11.8. The Balaban J connectivity index is 2.71. The first-order valence-electron chi connectivity index (χ1n) is 6.27. The van der Waals surface area contributed by atoms with E-state index in [2.05, 4.69) is 44.3 Å². The minimum absolute atomic E-state index is 0.440. The van der Waals surface area contributed by atoms with Crippen LogP contribution in [-0.4, -0.2) is 13.2 Å². The Kier molecular flexibility index (Phi) is 5.94. The highest BCUT2D eigenvalue weighted by molar-refractivity contribution is 5.30. The van der Waals surface area contributed by atoms with Crippen molar-refractivity contribution in [2.24, 2.45) is 0 Å². The molecule has 1 aromatic carbocycles. The molecule has 1 aromatic rings. The molecule has 0 aliphatic carbocycles. The van der Waals surface area contributed by atoms with E-state index < -0.39 is 0 Å². The molecule has 0 heterocycles. The molecule has 90 valence electrons. The lowest BCUT2D eigenvalue weighted by Crippen LogP contribution is -2.19. The summed E-state index contributed by atoms with van der Waals surface area (Å²) in [7, 11) is 0. The molecular formula is C14H23NO. The van der Waals surface area contributed by atoms with Gasteiger partial charge >= 0.3 is 0 Å². The molecule has 0 amide bonds. The van der Waals surface area contributed by atoms with Crippen molar-refractivity contribution in [3.8, 4) is 5.75 Å². The zero-order valence-electron chi connectivity index (χ0n) is 10.6. The van der Waals surface area contributed by atoms with Crippen LogP contribution in [0.2, 0.25) is 0 Å². The Bertz CT molecular complexity index is 299. The largest absolute Gasteiger partial charge is 0.494 e. The van der Waals surface area contributed by atoms with Gasteiger partial charge in [-0.1, -0.05) is 32.9 Å². The van der Waals surface area contributed by atoms with E-state index in [0.29, 0.717) is 6.04 Å². The Labute approximate surface area is 99.0 Å². The van der Waals surface area contributed by atoms with Crippen LogP contribution in [0.15, 0.2) is 24.3 Å². The normalized spacial score (nSPS) is 12.4. The van der Waals surface area contributed by atoms with Crippen LogP contribution in [0.5, 0.6) is 5.75 Å². The van der Waals surface area contributed by atoms with E-state index in [1.54, 1.807) is 0 Å². The third-order valence-corrected chi connectivity index (χ3v) is 2.59. The summed E-state index contributed by atoms with van der Waals surface area (Å²) < 4.78 is 5.64. The van der Waals surface area contributed by atoms with Gasteiger partial charge in [0.05, 0.1) is 6.61 Å². The highest BCUT2D eigenvalue weighted by Gasteiger charge is 2.07. The van der Waals surface area contributed by atoms with Gasteiger partial charge in [-0.25, -0.2) is 0 Å². The highest BCUT2D eigenvalue weighted by Crippen LogP contribution is 2.21. The maximum atomic E-state index is 5.64. The van der Waals surface area contributed by atoms with Crippen molar-refractivity contribution in [1.82, 2.24) is 5.32 Å². The van der Waals surface area contributed by atoms with Gasteiger partial charge in [-0.2, -0.15) is 0 Å². The number of hydrogen-bond donors (Lipinski definition) is 1. The molecule has 0 aliphatic rings. The second-order valence-electron chi connectivity index (χ2n) is 3.94. The lowest BCUT2D eigenvalue weighted by atomic mass is 10.0. The molecule has 0 spiro atoms. The Morgan fingerprint density at radius 3 is 2.69 bits per heavy atom. The van der Waals surface area contributed by atoms with Crippen LogP contribution in [0.4, 0.5) is 0 Å². The van der Waals surface area contributed by atoms with Gasteiger partial charge in [-0.3, -0.25) is 0 Å². The van der Waals surface area contributed by atoms with Gasteiger partial charge in [-0.15, -0.1) is 0 Å². The van der Waals surface area contributed by atoms with E-state index >= 15 is 0 Å². The molecule has 0 aromatic heterocycles. The van der Waals surface area contributed by atoms with Gasteiger partial charge in [0.15, 0.2) is 0 Å².